The lowest BCUT2D eigenvalue weighted by molar-refractivity contribution is 0.0353. The van der Waals surface area contributed by atoms with E-state index < -0.39 is 0 Å². The van der Waals surface area contributed by atoms with E-state index in [0.29, 0.717) is 0 Å². The topological polar surface area (TPSA) is 21.3 Å². The summed E-state index contributed by atoms with van der Waals surface area (Å²) in [5.74, 6) is 1.77. The van der Waals surface area contributed by atoms with Gasteiger partial charge in [-0.1, -0.05) is 32.6 Å². The van der Waals surface area contributed by atoms with Gasteiger partial charge >= 0.3 is 0 Å². The van der Waals surface area contributed by atoms with Gasteiger partial charge in [-0.25, -0.2) is 0 Å². The molecule has 2 nitrogen and oxygen atoms in total. The maximum atomic E-state index is 5.67. The molecule has 1 aliphatic carbocycles. The lowest BCUT2D eigenvalue weighted by Crippen LogP contribution is -2.41. The molecule has 1 heterocycles. The standard InChI is InChI=1S/C15H29NO/c1-2-9-16-15(11-13-6-3-4-7-13)14-8-5-10-17-12-14/h13-16H,2-12H2,1H3. The SMILES string of the molecule is CCCNC(CC1CCCC1)C1CCCOC1. The van der Waals surface area contributed by atoms with Crippen molar-refractivity contribution in [2.45, 2.75) is 64.3 Å². The Morgan fingerprint density at radius 3 is 2.65 bits per heavy atom. The summed E-state index contributed by atoms with van der Waals surface area (Å²) in [5, 5.41) is 3.79. The summed E-state index contributed by atoms with van der Waals surface area (Å²) in [7, 11) is 0. The summed E-state index contributed by atoms with van der Waals surface area (Å²) in [5.41, 5.74) is 0. The van der Waals surface area contributed by atoms with Crippen LogP contribution in [-0.4, -0.2) is 25.8 Å². The summed E-state index contributed by atoms with van der Waals surface area (Å²) < 4.78 is 5.67. The lowest BCUT2D eigenvalue weighted by Gasteiger charge is -2.32. The van der Waals surface area contributed by atoms with Crippen molar-refractivity contribution in [2.75, 3.05) is 19.8 Å². The van der Waals surface area contributed by atoms with Crippen LogP contribution < -0.4 is 5.32 Å². The van der Waals surface area contributed by atoms with E-state index in [4.69, 9.17) is 4.74 Å². The molecule has 0 radical (unpaired) electrons. The molecule has 17 heavy (non-hydrogen) atoms. The molecule has 0 amide bonds. The molecule has 2 heteroatoms. The molecule has 0 spiro atoms. The molecule has 0 aromatic rings. The highest BCUT2D eigenvalue weighted by Crippen LogP contribution is 2.31. The molecule has 1 saturated heterocycles. The molecule has 1 N–H and O–H groups in total. The highest BCUT2D eigenvalue weighted by atomic mass is 16.5. The van der Waals surface area contributed by atoms with Crippen LogP contribution >= 0.6 is 0 Å². The van der Waals surface area contributed by atoms with Crippen LogP contribution in [0.5, 0.6) is 0 Å². The molecular weight excluding hydrogens is 210 g/mol. The first-order chi connectivity index (χ1) is 8.40. The predicted molar refractivity (Wildman–Crippen MR) is 72.2 cm³/mol. The van der Waals surface area contributed by atoms with Crippen LogP contribution in [0.4, 0.5) is 0 Å². The van der Waals surface area contributed by atoms with Crippen LogP contribution in [0.3, 0.4) is 0 Å². The van der Waals surface area contributed by atoms with Crippen molar-refractivity contribution in [3.63, 3.8) is 0 Å². The fourth-order valence-corrected chi connectivity index (χ4v) is 3.46. The molecule has 0 aromatic carbocycles. The minimum atomic E-state index is 0.721. The van der Waals surface area contributed by atoms with Gasteiger partial charge in [0.2, 0.25) is 0 Å². The zero-order chi connectivity index (χ0) is 11.9. The summed E-state index contributed by atoms with van der Waals surface area (Å²) in [6.45, 7) is 5.42. The molecule has 0 aromatic heterocycles. The normalized spacial score (nSPS) is 28.4. The van der Waals surface area contributed by atoms with Crippen LogP contribution in [0.2, 0.25) is 0 Å². The van der Waals surface area contributed by atoms with Crippen LogP contribution in [0.1, 0.15) is 58.3 Å². The molecule has 1 saturated carbocycles. The Kier molecular flexibility index (Phi) is 5.79. The summed E-state index contributed by atoms with van der Waals surface area (Å²) in [6, 6.07) is 0.721. The number of rotatable bonds is 6. The Balaban J connectivity index is 1.81. The maximum Gasteiger partial charge on any atom is 0.0509 e. The van der Waals surface area contributed by atoms with E-state index in [1.165, 1.54) is 57.9 Å². The van der Waals surface area contributed by atoms with Crippen molar-refractivity contribution in [2.24, 2.45) is 11.8 Å². The second-order valence-corrected chi connectivity index (χ2v) is 5.92. The van der Waals surface area contributed by atoms with Gasteiger partial charge in [0.25, 0.3) is 0 Å². The maximum absolute atomic E-state index is 5.67. The van der Waals surface area contributed by atoms with E-state index in [0.717, 1.165) is 31.1 Å². The van der Waals surface area contributed by atoms with Crippen molar-refractivity contribution in [1.82, 2.24) is 5.32 Å². The fourth-order valence-electron chi connectivity index (χ4n) is 3.46. The van der Waals surface area contributed by atoms with Crippen LogP contribution in [0, 0.1) is 11.8 Å². The smallest absolute Gasteiger partial charge is 0.0509 e. The monoisotopic (exact) mass is 239 g/mol. The van der Waals surface area contributed by atoms with Gasteiger partial charge in [-0.3, -0.25) is 0 Å². The first-order valence-corrected chi connectivity index (χ1v) is 7.71. The Labute approximate surface area is 107 Å². The predicted octanol–water partition coefficient (Wildman–Crippen LogP) is 3.36. The summed E-state index contributed by atoms with van der Waals surface area (Å²) in [6.07, 6.45) is 11.1. The van der Waals surface area contributed by atoms with Crippen LogP contribution in [-0.2, 0) is 4.74 Å². The van der Waals surface area contributed by atoms with Gasteiger partial charge in [-0.2, -0.15) is 0 Å². The minimum absolute atomic E-state index is 0.721. The second-order valence-electron chi connectivity index (χ2n) is 5.92. The average molecular weight is 239 g/mol. The number of hydrogen-bond donors (Lipinski definition) is 1. The number of hydrogen-bond acceptors (Lipinski definition) is 2. The molecule has 100 valence electrons. The quantitative estimate of drug-likeness (QED) is 0.767. The van der Waals surface area contributed by atoms with Crippen molar-refractivity contribution in [3.05, 3.63) is 0 Å². The molecule has 2 rings (SSSR count). The van der Waals surface area contributed by atoms with E-state index in [1.807, 2.05) is 0 Å². The Morgan fingerprint density at radius 2 is 2.00 bits per heavy atom. The molecule has 2 unspecified atom stereocenters. The molecule has 0 bridgehead atoms. The number of nitrogens with one attached hydrogen (secondary N) is 1. The van der Waals surface area contributed by atoms with Crippen molar-refractivity contribution in [1.29, 1.82) is 0 Å². The number of ether oxygens (including phenoxy) is 1. The largest absolute Gasteiger partial charge is 0.381 e. The van der Waals surface area contributed by atoms with Crippen molar-refractivity contribution >= 4 is 0 Å². The molecule has 2 atom stereocenters. The van der Waals surface area contributed by atoms with Gasteiger partial charge in [0, 0.05) is 12.6 Å². The van der Waals surface area contributed by atoms with Crippen molar-refractivity contribution in [3.8, 4) is 0 Å². The van der Waals surface area contributed by atoms with E-state index in [2.05, 4.69) is 12.2 Å². The fraction of sp³-hybridized carbons (Fsp3) is 1.00. The van der Waals surface area contributed by atoms with Gasteiger partial charge < -0.3 is 10.1 Å². The van der Waals surface area contributed by atoms with E-state index in [-0.39, 0.29) is 0 Å². The molecule has 2 fully saturated rings. The van der Waals surface area contributed by atoms with Gasteiger partial charge in [0.1, 0.15) is 0 Å². The van der Waals surface area contributed by atoms with Gasteiger partial charge in [0.15, 0.2) is 0 Å². The van der Waals surface area contributed by atoms with Crippen LogP contribution in [0.15, 0.2) is 0 Å². The summed E-state index contributed by atoms with van der Waals surface area (Å²) in [4.78, 5) is 0. The first kappa shape index (κ1) is 13.4. The highest BCUT2D eigenvalue weighted by Gasteiger charge is 2.27. The zero-order valence-corrected chi connectivity index (χ0v) is 11.4. The van der Waals surface area contributed by atoms with Crippen molar-refractivity contribution < 1.29 is 4.74 Å². The Morgan fingerprint density at radius 1 is 1.18 bits per heavy atom. The van der Waals surface area contributed by atoms with Gasteiger partial charge in [-0.05, 0) is 44.1 Å². The minimum Gasteiger partial charge on any atom is -0.381 e. The lowest BCUT2D eigenvalue weighted by atomic mass is 9.86. The first-order valence-electron chi connectivity index (χ1n) is 7.71. The van der Waals surface area contributed by atoms with E-state index in [1.54, 1.807) is 0 Å². The van der Waals surface area contributed by atoms with E-state index in [9.17, 15) is 0 Å². The van der Waals surface area contributed by atoms with Crippen LogP contribution in [0.25, 0.3) is 0 Å². The molecule has 1 aliphatic heterocycles. The second kappa shape index (κ2) is 7.38. The average Bonchev–Trinajstić information content (AvgIpc) is 2.88. The molecular formula is C15H29NO. The Hall–Kier alpha value is -0.0800. The van der Waals surface area contributed by atoms with Gasteiger partial charge in [-0.15, -0.1) is 0 Å². The molecule has 2 aliphatic rings. The zero-order valence-electron chi connectivity index (χ0n) is 11.4. The Bertz CT molecular complexity index is 195. The third-order valence-electron chi connectivity index (χ3n) is 4.48. The van der Waals surface area contributed by atoms with E-state index >= 15 is 0 Å². The summed E-state index contributed by atoms with van der Waals surface area (Å²) >= 11 is 0. The third-order valence-corrected chi connectivity index (χ3v) is 4.48. The van der Waals surface area contributed by atoms with Gasteiger partial charge in [0.05, 0.1) is 6.61 Å². The third kappa shape index (κ3) is 4.26. The highest BCUT2D eigenvalue weighted by molar-refractivity contribution is 4.82.